The van der Waals surface area contributed by atoms with E-state index < -0.39 is 11.6 Å². The molecule has 20 heavy (non-hydrogen) atoms. The largest absolute Gasteiger partial charge is 0.381 e. The molecule has 0 aromatic carbocycles. The average molecular weight is 283 g/mol. The fourth-order valence-electron chi connectivity index (χ4n) is 2.48. The monoisotopic (exact) mass is 283 g/mol. The number of urea groups is 1. The number of unbranched alkanes of at least 4 members (excludes halogenated alkanes) is 1. The van der Waals surface area contributed by atoms with E-state index in [-0.39, 0.29) is 18.4 Å². The van der Waals surface area contributed by atoms with Crippen LogP contribution in [-0.2, 0) is 14.3 Å². The molecule has 0 bridgehead atoms. The fraction of sp³-hybridized carbons (Fsp3) is 0.769. The lowest BCUT2D eigenvalue weighted by molar-refractivity contribution is -0.137. The Labute approximate surface area is 118 Å². The molecule has 7 heteroatoms. The third-order valence-electron chi connectivity index (χ3n) is 3.75. The molecule has 2 aliphatic heterocycles. The van der Waals surface area contributed by atoms with E-state index in [1.165, 1.54) is 0 Å². The van der Waals surface area contributed by atoms with Gasteiger partial charge in [0, 0.05) is 32.6 Å². The molecule has 0 aliphatic carbocycles. The number of amides is 4. The minimum Gasteiger partial charge on any atom is -0.381 e. The second kappa shape index (κ2) is 6.21. The maximum absolute atomic E-state index is 12.4. The van der Waals surface area contributed by atoms with E-state index in [0.29, 0.717) is 32.6 Å². The highest BCUT2D eigenvalue weighted by Gasteiger charge is 2.52. The van der Waals surface area contributed by atoms with Crippen LogP contribution >= 0.6 is 0 Å². The van der Waals surface area contributed by atoms with Gasteiger partial charge in [-0.1, -0.05) is 13.3 Å². The first-order chi connectivity index (χ1) is 9.59. The number of carbonyl (C=O) groups excluding carboxylic acids is 3. The average Bonchev–Trinajstić information content (AvgIpc) is 2.65. The number of nitrogens with one attached hydrogen (secondary N) is 2. The maximum atomic E-state index is 12.4. The number of nitrogens with zero attached hydrogens (tertiary/aromatic N) is 1. The van der Waals surface area contributed by atoms with Crippen molar-refractivity contribution in [1.29, 1.82) is 0 Å². The van der Waals surface area contributed by atoms with E-state index in [4.69, 9.17) is 4.74 Å². The van der Waals surface area contributed by atoms with Crippen molar-refractivity contribution in [2.45, 2.75) is 38.1 Å². The van der Waals surface area contributed by atoms with Crippen molar-refractivity contribution in [3.63, 3.8) is 0 Å². The molecule has 112 valence electrons. The molecule has 2 aliphatic rings. The SMILES string of the molecule is CCCCNC(=O)CN1C(=O)NC2(CCOCC2)C1=O. The summed E-state index contributed by atoms with van der Waals surface area (Å²) in [6.07, 6.45) is 2.79. The highest BCUT2D eigenvalue weighted by Crippen LogP contribution is 2.28. The Balaban J connectivity index is 1.93. The van der Waals surface area contributed by atoms with E-state index in [0.717, 1.165) is 17.7 Å². The molecule has 0 radical (unpaired) electrons. The third-order valence-corrected chi connectivity index (χ3v) is 3.75. The second-order valence-electron chi connectivity index (χ2n) is 5.22. The summed E-state index contributed by atoms with van der Waals surface area (Å²) in [6, 6.07) is -0.484. The van der Waals surface area contributed by atoms with Crippen molar-refractivity contribution in [2.75, 3.05) is 26.3 Å². The van der Waals surface area contributed by atoms with Gasteiger partial charge in [-0.25, -0.2) is 4.79 Å². The summed E-state index contributed by atoms with van der Waals surface area (Å²) in [7, 11) is 0. The molecule has 4 amide bonds. The van der Waals surface area contributed by atoms with Crippen LogP contribution in [0, 0.1) is 0 Å². The van der Waals surface area contributed by atoms with Crippen LogP contribution in [0.5, 0.6) is 0 Å². The maximum Gasteiger partial charge on any atom is 0.325 e. The Bertz CT molecular complexity index is 404. The smallest absolute Gasteiger partial charge is 0.325 e. The topological polar surface area (TPSA) is 87.7 Å². The van der Waals surface area contributed by atoms with Crippen molar-refractivity contribution in [3.05, 3.63) is 0 Å². The highest BCUT2D eigenvalue weighted by atomic mass is 16.5. The molecular formula is C13H21N3O4. The molecule has 2 fully saturated rings. The van der Waals surface area contributed by atoms with E-state index in [1.54, 1.807) is 0 Å². The van der Waals surface area contributed by atoms with Gasteiger partial charge in [-0.3, -0.25) is 14.5 Å². The van der Waals surface area contributed by atoms with Crippen LogP contribution in [-0.4, -0.2) is 54.6 Å². The molecular weight excluding hydrogens is 262 g/mol. The van der Waals surface area contributed by atoms with E-state index in [9.17, 15) is 14.4 Å². The minimum atomic E-state index is -0.862. The Kier molecular flexibility index (Phi) is 4.59. The first-order valence-electron chi connectivity index (χ1n) is 7.07. The molecule has 2 heterocycles. The van der Waals surface area contributed by atoms with Crippen LogP contribution in [0.3, 0.4) is 0 Å². The van der Waals surface area contributed by atoms with Crippen LogP contribution in [0.1, 0.15) is 32.6 Å². The lowest BCUT2D eigenvalue weighted by atomic mass is 9.90. The zero-order valence-electron chi connectivity index (χ0n) is 11.7. The first kappa shape index (κ1) is 14.8. The molecule has 2 N–H and O–H groups in total. The highest BCUT2D eigenvalue weighted by molar-refractivity contribution is 6.09. The van der Waals surface area contributed by atoms with Crippen molar-refractivity contribution in [1.82, 2.24) is 15.5 Å². The molecule has 0 aromatic rings. The van der Waals surface area contributed by atoms with Crippen molar-refractivity contribution in [3.8, 4) is 0 Å². The van der Waals surface area contributed by atoms with E-state index >= 15 is 0 Å². The normalized spacial score (nSPS) is 21.1. The predicted molar refractivity (Wildman–Crippen MR) is 70.9 cm³/mol. The number of carbonyl (C=O) groups is 3. The number of hydrogen-bond acceptors (Lipinski definition) is 4. The number of hydrogen-bond donors (Lipinski definition) is 2. The lowest BCUT2D eigenvalue weighted by Crippen LogP contribution is -2.51. The van der Waals surface area contributed by atoms with Gasteiger partial charge in [-0.15, -0.1) is 0 Å². The Morgan fingerprint density at radius 3 is 2.75 bits per heavy atom. The second-order valence-corrected chi connectivity index (χ2v) is 5.22. The van der Waals surface area contributed by atoms with Crippen LogP contribution < -0.4 is 10.6 Å². The third kappa shape index (κ3) is 2.92. The van der Waals surface area contributed by atoms with Crippen LogP contribution in [0.15, 0.2) is 0 Å². The van der Waals surface area contributed by atoms with Gasteiger partial charge in [0.15, 0.2) is 0 Å². The van der Waals surface area contributed by atoms with Crippen LogP contribution in [0.2, 0.25) is 0 Å². The van der Waals surface area contributed by atoms with Crippen molar-refractivity contribution in [2.24, 2.45) is 0 Å². The predicted octanol–water partition coefficient (Wildman–Crippen LogP) is 0.00370. The van der Waals surface area contributed by atoms with Gasteiger partial charge in [0.25, 0.3) is 5.91 Å². The minimum absolute atomic E-state index is 0.211. The molecule has 7 nitrogen and oxygen atoms in total. The van der Waals surface area contributed by atoms with Crippen LogP contribution in [0.4, 0.5) is 4.79 Å². The summed E-state index contributed by atoms with van der Waals surface area (Å²) in [5, 5.41) is 5.42. The summed E-state index contributed by atoms with van der Waals surface area (Å²) < 4.78 is 5.22. The molecule has 0 atom stereocenters. The summed E-state index contributed by atoms with van der Waals surface area (Å²) >= 11 is 0. The summed E-state index contributed by atoms with van der Waals surface area (Å²) in [5.74, 6) is -0.609. The van der Waals surface area contributed by atoms with Crippen molar-refractivity contribution >= 4 is 17.8 Å². The first-order valence-corrected chi connectivity index (χ1v) is 7.07. The molecule has 1 spiro atoms. The molecule has 2 rings (SSSR count). The molecule has 0 saturated carbocycles. The van der Waals surface area contributed by atoms with Gasteiger partial charge in [0.1, 0.15) is 12.1 Å². The molecule has 2 saturated heterocycles. The zero-order valence-corrected chi connectivity index (χ0v) is 11.7. The summed E-state index contributed by atoms with van der Waals surface area (Å²) in [4.78, 5) is 37.0. The number of ether oxygens (including phenoxy) is 1. The van der Waals surface area contributed by atoms with Gasteiger partial charge in [-0.2, -0.15) is 0 Å². The zero-order chi connectivity index (χ0) is 14.6. The fourth-order valence-corrected chi connectivity index (χ4v) is 2.48. The quantitative estimate of drug-likeness (QED) is 0.549. The van der Waals surface area contributed by atoms with Crippen LogP contribution in [0.25, 0.3) is 0 Å². The van der Waals surface area contributed by atoms with E-state index in [2.05, 4.69) is 10.6 Å². The van der Waals surface area contributed by atoms with E-state index in [1.807, 2.05) is 6.92 Å². The van der Waals surface area contributed by atoms with Gasteiger partial charge >= 0.3 is 6.03 Å². The van der Waals surface area contributed by atoms with Crippen molar-refractivity contribution < 1.29 is 19.1 Å². The van der Waals surface area contributed by atoms with Gasteiger partial charge in [0.05, 0.1) is 0 Å². The van der Waals surface area contributed by atoms with Gasteiger partial charge in [0.2, 0.25) is 5.91 Å². The summed E-state index contributed by atoms with van der Waals surface area (Å²) in [5.41, 5.74) is -0.862. The van der Waals surface area contributed by atoms with Gasteiger partial charge < -0.3 is 15.4 Å². The number of rotatable bonds is 5. The Morgan fingerprint density at radius 1 is 1.40 bits per heavy atom. The molecule has 0 unspecified atom stereocenters. The standard InChI is InChI=1S/C13H21N3O4/c1-2-3-6-14-10(17)9-16-11(18)13(15-12(16)19)4-7-20-8-5-13/h2-9H2,1H3,(H,14,17)(H,15,19). The Morgan fingerprint density at radius 2 is 2.10 bits per heavy atom. The summed E-state index contributed by atoms with van der Waals surface area (Å²) in [6.45, 7) is 3.28. The van der Waals surface area contributed by atoms with Gasteiger partial charge in [-0.05, 0) is 6.42 Å². The lowest BCUT2D eigenvalue weighted by Gasteiger charge is -2.30. The Hall–Kier alpha value is -1.63. The number of imide groups is 1. The molecule has 0 aromatic heterocycles.